The van der Waals surface area contributed by atoms with Crippen LogP contribution in [0.25, 0.3) is 11.3 Å². The standard InChI is InChI=1S/C16H17BrFNO/c1-3-13-10(2)8-19-9-12(7-18)20-15-5-4-11(17)6-14(15)16(13)19/h4-6,8,12H,3,7,9H2,1-2H3. The number of nitrogens with zero attached hydrogens (tertiary/aromatic N) is 1. The molecule has 0 spiro atoms. The highest BCUT2D eigenvalue weighted by atomic mass is 79.9. The van der Waals surface area contributed by atoms with Crippen molar-refractivity contribution in [2.24, 2.45) is 0 Å². The normalized spacial score (nSPS) is 17.1. The Morgan fingerprint density at radius 2 is 2.25 bits per heavy atom. The van der Waals surface area contributed by atoms with Crippen molar-refractivity contribution in [2.45, 2.75) is 32.9 Å². The molecule has 1 aromatic heterocycles. The van der Waals surface area contributed by atoms with E-state index in [4.69, 9.17) is 4.74 Å². The molecule has 2 nitrogen and oxygen atoms in total. The van der Waals surface area contributed by atoms with E-state index in [1.165, 1.54) is 11.1 Å². The summed E-state index contributed by atoms with van der Waals surface area (Å²) < 4.78 is 22.1. The van der Waals surface area contributed by atoms with Gasteiger partial charge in [-0.3, -0.25) is 0 Å². The molecule has 4 heteroatoms. The molecule has 0 N–H and O–H groups in total. The lowest BCUT2D eigenvalue weighted by atomic mass is 10.0. The van der Waals surface area contributed by atoms with E-state index in [0.717, 1.165) is 27.9 Å². The van der Waals surface area contributed by atoms with E-state index in [-0.39, 0.29) is 0 Å². The lowest BCUT2D eigenvalue weighted by Gasteiger charge is -2.14. The van der Waals surface area contributed by atoms with Crippen molar-refractivity contribution in [1.82, 2.24) is 4.57 Å². The largest absolute Gasteiger partial charge is 0.485 e. The number of halogens is 2. The molecule has 0 saturated heterocycles. The number of rotatable bonds is 2. The van der Waals surface area contributed by atoms with Crippen LogP contribution in [0.4, 0.5) is 4.39 Å². The fourth-order valence-corrected chi connectivity index (χ4v) is 3.31. The molecule has 0 bridgehead atoms. The van der Waals surface area contributed by atoms with E-state index < -0.39 is 12.8 Å². The maximum atomic E-state index is 13.2. The fourth-order valence-electron chi connectivity index (χ4n) is 2.95. The van der Waals surface area contributed by atoms with E-state index in [2.05, 4.69) is 46.6 Å². The average Bonchev–Trinajstić information content (AvgIpc) is 2.66. The SMILES string of the molecule is CCc1c(C)cn2c1-c1cc(Br)ccc1OC(CF)C2. The quantitative estimate of drug-likeness (QED) is 0.785. The number of aryl methyl sites for hydroxylation is 1. The number of benzene rings is 1. The summed E-state index contributed by atoms with van der Waals surface area (Å²) >= 11 is 3.51. The first-order chi connectivity index (χ1) is 9.63. The van der Waals surface area contributed by atoms with Gasteiger partial charge in [0, 0.05) is 16.2 Å². The van der Waals surface area contributed by atoms with Crippen LogP contribution >= 0.6 is 15.9 Å². The summed E-state index contributed by atoms with van der Waals surface area (Å²) in [6.07, 6.45) is 2.64. The summed E-state index contributed by atoms with van der Waals surface area (Å²) in [4.78, 5) is 0. The van der Waals surface area contributed by atoms with Gasteiger partial charge < -0.3 is 9.30 Å². The maximum Gasteiger partial charge on any atom is 0.145 e. The van der Waals surface area contributed by atoms with Crippen molar-refractivity contribution in [2.75, 3.05) is 6.67 Å². The Morgan fingerprint density at radius 1 is 1.45 bits per heavy atom. The van der Waals surface area contributed by atoms with E-state index in [1.807, 2.05) is 12.1 Å². The molecule has 2 aromatic rings. The second kappa shape index (κ2) is 5.24. The second-order valence-electron chi connectivity index (χ2n) is 5.18. The summed E-state index contributed by atoms with van der Waals surface area (Å²) in [7, 11) is 0. The summed E-state index contributed by atoms with van der Waals surface area (Å²) in [6.45, 7) is 4.34. The highest BCUT2D eigenvalue weighted by Crippen LogP contribution is 2.39. The van der Waals surface area contributed by atoms with Crippen LogP contribution in [0, 0.1) is 6.92 Å². The number of fused-ring (bicyclic) bond motifs is 3. The molecule has 0 saturated carbocycles. The van der Waals surface area contributed by atoms with Gasteiger partial charge in [-0.25, -0.2) is 4.39 Å². The summed E-state index contributed by atoms with van der Waals surface area (Å²) in [5.74, 6) is 0.766. The van der Waals surface area contributed by atoms with Crippen LogP contribution in [-0.4, -0.2) is 17.3 Å². The molecule has 1 unspecified atom stereocenters. The molecule has 1 aliphatic rings. The Bertz CT molecular complexity index is 650. The summed E-state index contributed by atoms with van der Waals surface area (Å²) in [5, 5.41) is 0. The van der Waals surface area contributed by atoms with E-state index >= 15 is 0 Å². The van der Waals surface area contributed by atoms with Gasteiger partial charge in [0.25, 0.3) is 0 Å². The van der Waals surface area contributed by atoms with Crippen LogP contribution in [0.5, 0.6) is 5.75 Å². The minimum absolute atomic E-state index is 0.423. The topological polar surface area (TPSA) is 14.2 Å². The molecule has 0 fully saturated rings. The molecular weight excluding hydrogens is 321 g/mol. The average molecular weight is 338 g/mol. The van der Waals surface area contributed by atoms with Gasteiger partial charge >= 0.3 is 0 Å². The molecule has 106 valence electrons. The van der Waals surface area contributed by atoms with Gasteiger partial charge in [0.1, 0.15) is 18.5 Å². The lowest BCUT2D eigenvalue weighted by Crippen LogP contribution is -2.23. The molecular formula is C16H17BrFNO. The number of alkyl halides is 1. The highest BCUT2D eigenvalue weighted by molar-refractivity contribution is 9.10. The number of aromatic nitrogens is 1. The van der Waals surface area contributed by atoms with Crippen LogP contribution in [0.3, 0.4) is 0 Å². The van der Waals surface area contributed by atoms with E-state index in [0.29, 0.717) is 6.54 Å². The van der Waals surface area contributed by atoms with E-state index in [1.54, 1.807) is 0 Å². The van der Waals surface area contributed by atoms with Gasteiger partial charge in [-0.1, -0.05) is 22.9 Å². The minimum atomic E-state index is -0.479. The minimum Gasteiger partial charge on any atom is -0.485 e. The molecule has 0 radical (unpaired) electrons. The van der Waals surface area contributed by atoms with Crippen molar-refractivity contribution in [3.05, 3.63) is 40.0 Å². The van der Waals surface area contributed by atoms with Crippen LogP contribution in [0.15, 0.2) is 28.9 Å². The van der Waals surface area contributed by atoms with Gasteiger partial charge in [0.05, 0.1) is 12.2 Å². The number of hydrogen-bond acceptors (Lipinski definition) is 1. The zero-order chi connectivity index (χ0) is 14.3. The third kappa shape index (κ3) is 2.16. The molecule has 1 aliphatic heterocycles. The van der Waals surface area contributed by atoms with Crippen LogP contribution in [-0.2, 0) is 13.0 Å². The molecule has 20 heavy (non-hydrogen) atoms. The van der Waals surface area contributed by atoms with Gasteiger partial charge in [-0.2, -0.15) is 0 Å². The number of ether oxygens (including phenoxy) is 1. The van der Waals surface area contributed by atoms with Crippen molar-refractivity contribution in [1.29, 1.82) is 0 Å². The summed E-state index contributed by atoms with van der Waals surface area (Å²) in [6, 6.07) is 5.91. The Labute approximate surface area is 126 Å². The third-order valence-electron chi connectivity index (χ3n) is 3.81. The number of hydrogen-bond donors (Lipinski definition) is 0. The Kier molecular flexibility index (Phi) is 3.59. The zero-order valence-corrected chi connectivity index (χ0v) is 13.2. The van der Waals surface area contributed by atoms with Gasteiger partial charge in [0.2, 0.25) is 0 Å². The van der Waals surface area contributed by atoms with Crippen LogP contribution in [0.1, 0.15) is 18.1 Å². The second-order valence-corrected chi connectivity index (χ2v) is 6.10. The highest BCUT2D eigenvalue weighted by Gasteiger charge is 2.25. The zero-order valence-electron chi connectivity index (χ0n) is 11.6. The van der Waals surface area contributed by atoms with E-state index in [9.17, 15) is 4.39 Å². The van der Waals surface area contributed by atoms with Crippen molar-refractivity contribution in [3.8, 4) is 17.0 Å². The molecule has 0 amide bonds. The first-order valence-electron chi connectivity index (χ1n) is 6.85. The smallest absolute Gasteiger partial charge is 0.145 e. The maximum absolute atomic E-state index is 13.2. The monoisotopic (exact) mass is 337 g/mol. The van der Waals surface area contributed by atoms with Gasteiger partial charge in [-0.15, -0.1) is 0 Å². The van der Waals surface area contributed by atoms with Gasteiger partial charge in [0.15, 0.2) is 0 Å². The van der Waals surface area contributed by atoms with Crippen molar-refractivity contribution in [3.63, 3.8) is 0 Å². The van der Waals surface area contributed by atoms with Crippen LogP contribution < -0.4 is 4.74 Å². The Morgan fingerprint density at radius 3 is 2.95 bits per heavy atom. The lowest BCUT2D eigenvalue weighted by molar-refractivity contribution is 0.151. The molecule has 1 atom stereocenters. The molecule has 2 heterocycles. The van der Waals surface area contributed by atoms with Crippen LogP contribution in [0.2, 0.25) is 0 Å². The van der Waals surface area contributed by atoms with Crippen molar-refractivity contribution >= 4 is 15.9 Å². The summed E-state index contributed by atoms with van der Waals surface area (Å²) in [5.41, 5.74) is 4.78. The van der Waals surface area contributed by atoms with Crippen molar-refractivity contribution < 1.29 is 9.13 Å². The molecule has 3 rings (SSSR count). The Hall–Kier alpha value is -1.29. The first-order valence-corrected chi connectivity index (χ1v) is 7.64. The molecule has 1 aromatic carbocycles. The fraction of sp³-hybridized carbons (Fsp3) is 0.375. The predicted molar refractivity (Wildman–Crippen MR) is 82.1 cm³/mol. The van der Waals surface area contributed by atoms with Gasteiger partial charge in [-0.05, 0) is 42.7 Å². The first kappa shape index (κ1) is 13.7. The molecule has 0 aliphatic carbocycles. The third-order valence-corrected chi connectivity index (χ3v) is 4.31. The predicted octanol–water partition coefficient (Wildman–Crippen LogP) is 4.52. The Balaban J connectivity index is 2.28.